The van der Waals surface area contributed by atoms with Gasteiger partial charge in [-0.3, -0.25) is 4.90 Å². The average molecular weight is 270 g/mol. The highest BCUT2D eigenvalue weighted by Crippen LogP contribution is 2.34. The molecule has 2 aliphatic rings. The number of piperidine rings is 1. The lowest BCUT2D eigenvalue weighted by molar-refractivity contribution is 0.376. The summed E-state index contributed by atoms with van der Waals surface area (Å²) in [6, 6.07) is 9.07. The van der Waals surface area contributed by atoms with Crippen molar-refractivity contribution in [3.05, 3.63) is 35.7 Å². The van der Waals surface area contributed by atoms with Gasteiger partial charge in [0.1, 0.15) is 0 Å². The maximum atomic E-state index is 5.94. The molecule has 1 saturated heterocycles. The van der Waals surface area contributed by atoms with E-state index in [2.05, 4.69) is 44.7 Å². The minimum Gasteiger partial charge on any atom is -0.407 e. The highest BCUT2D eigenvalue weighted by molar-refractivity contribution is 5.64. The molecule has 5 nitrogen and oxygen atoms in total. The molecule has 104 valence electrons. The molecule has 4 rings (SSSR count). The van der Waals surface area contributed by atoms with Crippen molar-refractivity contribution in [3.63, 3.8) is 0 Å². The molecule has 3 heterocycles. The number of nitrogens with zero attached hydrogens (tertiary/aromatic N) is 3. The van der Waals surface area contributed by atoms with Crippen LogP contribution in [0.3, 0.4) is 0 Å². The monoisotopic (exact) mass is 270 g/mol. The third-order valence-corrected chi connectivity index (χ3v) is 4.24. The molecule has 0 spiro atoms. The van der Waals surface area contributed by atoms with Crippen LogP contribution in [-0.4, -0.2) is 29.8 Å². The van der Waals surface area contributed by atoms with Gasteiger partial charge in [-0.15, -0.1) is 5.10 Å². The van der Waals surface area contributed by atoms with Crippen LogP contribution in [0.5, 0.6) is 0 Å². The van der Waals surface area contributed by atoms with Gasteiger partial charge in [-0.05, 0) is 44.0 Å². The first kappa shape index (κ1) is 11.9. The lowest BCUT2D eigenvalue weighted by atomic mass is 9.98. The number of para-hydroxylation sites is 1. The largest absolute Gasteiger partial charge is 0.407 e. The van der Waals surface area contributed by atoms with Crippen LogP contribution in [0.4, 0.5) is 11.7 Å². The van der Waals surface area contributed by atoms with Crippen molar-refractivity contribution in [3.8, 4) is 0 Å². The van der Waals surface area contributed by atoms with E-state index in [1.165, 1.54) is 11.3 Å². The molecule has 1 N–H and O–H groups in total. The molecule has 0 bridgehead atoms. The smallest absolute Gasteiger partial charge is 0.322 e. The van der Waals surface area contributed by atoms with Gasteiger partial charge in [0, 0.05) is 18.2 Å². The summed E-state index contributed by atoms with van der Waals surface area (Å²) >= 11 is 0. The lowest BCUT2D eigenvalue weighted by Crippen LogP contribution is -2.26. The summed E-state index contributed by atoms with van der Waals surface area (Å²) in [4.78, 5) is 2.13. The number of aromatic nitrogens is 2. The van der Waals surface area contributed by atoms with Gasteiger partial charge in [0.2, 0.25) is 5.89 Å². The second kappa shape index (κ2) is 4.90. The first-order valence-electron chi connectivity index (χ1n) is 7.31. The summed E-state index contributed by atoms with van der Waals surface area (Å²) in [5.74, 6) is 1.21. The summed E-state index contributed by atoms with van der Waals surface area (Å²) in [7, 11) is 0. The van der Waals surface area contributed by atoms with Gasteiger partial charge in [0.25, 0.3) is 0 Å². The zero-order valence-electron chi connectivity index (χ0n) is 11.4. The molecule has 0 atom stereocenters. The Labute approximate surface area is 118 Å². The molecule has 2 aromatic rings. The summed E-state index contributed by atoms with van der Waals surface area (Å²) in [6.45, 7) is 3.00. The predicted molar refractivity (Wildman–Crippen MR) is 76.3 cm³/mol. The molecular formula is C15H18N4O. The van der Waals surface area contributed by atoms with Crippen LogP contribution in [0.25, 0.3) is 0 Å². The fraction of sp³-hybridized carbons (Fsp3) is 0.467. The molecule has 2 aliphatic heterocycles. The van der Waals surface area contributed by atoms with Crippen LogP contribution in [0.15, 0.2) is 28.7 Å². The summed E-state index contributed by atoms with van der Waals surface area (Å²) in [6.07, 6.45) is 3.21. The first-order chi connectivity index (χ1) is 9.92. The summed E-state index contributed by atoms with van der Waals surface area (Å²) in [5.41, 5.74) is 2.56. The molecule has 0 amide bonds. The Balaban J connectivity index is 1.59. The molecule has 0 radical (unpaired) electrons. The quantitative estimate of drug-likeness (QED) is 0.907. The van der Waals surface area contributed by atoms with Crippen molar-refractivity contribution in [1.29, 1.82) is 0 Å². The van der Waals surface area contributed by atoms with Crippen LogP contribution >= 0.6 is 0 Å². The van der Waals surface area contributed by atoms with Gasteiger partial charge in [-0.25, -0.2) is 0 Å². The first-order valence-corrected chi connectivity index (χ1v) is 7.31. The van der Waals surface area contributed by atoms with Crippen molar-refractivity contribution in [1.82, 2.24) is 15.5 Å². The van der Waals surface area contributed by atoms with Crippen molar-refractivity contribution in [2.24, 2.45) is 0 Å². The fourth-order valence-corrected chi connectivity index (χ4v) is 3.11. The van der Waals surface area contributed by atoms with E-state index in [1.54, 1.807) is 0 Å². The van der Waals surface area contributed by atoms with Crippen molar-refractivity contribution in [2.75, 3.05) is 24.5 Å². The van der Waals surface area contributed by atoms with Gasteiger partial charge in [0.05, 0.1) is 0 Å². The van der Waals surface area contributed by atoms with Gasteiger partial charge in [0.15, 0.2) is 0 Å². The summed E-state index contributed by atoms with van der Waals surface area (Å²) in [5, 5.41) is 11.9. The number of benzene rings is 1. The Morgan fingerprint density at radius 3 is 2.90 bits per heavy atom. The third-order valence-electron chi connectivity index (χ3n) is 4.24. The van der Waals surface area contributed by atoms with E-state index in [4.69, 9.17) is 4.42 Å². The maximum Gasteiger partial charge on any atom is 0.322 e. The molecule has 1 fully saturated rings. The SMILES string of the molecule is c1ccc2c(c1)CCN2c1nnc(C2CCNCC2)o1. The Morgan fingerprint density at radius 2 is 2.00 bits per heavy atom. The molecule has 0 aliphatic carbocycles. The van der Waals surface area contributed by atoms with E-state index >= 15 is 0 Å². The van der Waals surface area contributed by atoms with Gasteiger partial charge < -0.3 is 9.73 Å². The van der Waals surface area contributed by atoms with E-state index in [9.17, 15) is 0 Å². The molecular weight excluding hydrogens is 252 g/mol. The number of fused-ring (bicyclic) bond motifs is 1. The number of anilines is 2. The van der Waals surface area contributed by atoms with Crippen molar-refractivity contribution in [2.45, 2.75) is 25.2 Å². The third kappa shape index (κ3) is 1.98. The molecule has 1 aromatic carbocycles. The van der Waals surface area contributed by atoms with Gasteiger partial charge in [-0.2, -0.15) is 0 Å². The number of hydrogen-bond donors (Lipinski definition) is 1. The highest BCUT2D eigenvalue weighted by Gasteiger charge is 2.26. The number of nitrogens with one attached hydrogen (secondary N) is 1. The predicted octanol–water partition coefficient (Wildman–Crippen LogP) is 2.23. The Hall–Kier alpha value is -1.88. The normalized spacial score (nSPS) is 19.3. The van der Waals surface area contributed by atoms with E-state index in [-0.39, 0.29) is 0 Å². The Bertz CT molecular complexity index is 603. The Morgan fingerprint density at radius 1 is 1.15 bits per heavy atom. The van der Waals surface area contributed by atoms with Crippen molar-refractivity contribution >= 4 is 11.7 Å². The second-order valence-electron chi connectivity index (χ2n) is 5.48. The minimum absolute atomic E-state index is 0.412. The fourth-order valence-electron chi connectivity index (χ4n) is 3.11. The van der Waals surface area contributed by atoms with Crippen LogP contribution in [-0.2, 0) is 6.42 Å². The highest BCUT2D eigenvalue weighted by atomic mass is 16.4. The summed E-state index contributed by atoms with van der Waals surface area (Å²) < 4.78 is 5.94. The van der Waals surface area contributed by atoms with E-state index in [0.29, 0.717) is 11.9 Å². The van der Waals surface area contributed by atoms with Crippen molar-refractivity contribution < 1.29 is 4.42 Å². The zero-order chi connectivity index (χ0) is 13.4. The van der Waals surface area contributed by atoms with E-state index < -0.39 is 0 Å². The van der Waals surface area contributed by atoms with E-state index in [0.717, 1.165) is 44.8 Å². The average Bonchev–Trinajstić information content (AvgIpc) is 3.14. The molecule has 5 heteroatoms. The van der Waals surface area contributed by atoms with Crippen LogP contribution < -0.4 is 10.2 Å². The standard InChI is InChI=1S/C15H18N4O/c1-2-4-13-11(3-1)7-10-19(13)15-18-17-14(20-15)12-5-8-16-9-6-12/h1-4,12,16H,5-10H2. The van der Waals surface area contributed by atoms with Crippen LogP contribution in [0, 0.1) is 0 Å². The van der Waals surface area contributed by atoms with Crippen LogP contribution in [0.1, 0.15) is 30.2 Å². The zero-order valence-corrected chi connectivity index (χ0v) is 11.4. The number of hydrogen-bond acceptors (Lipinski definition) is 5. The second-order valence-corrected chi connectivity index (χ2v) is 5.48. The lowest BCUT2D eigenvalue weighted by Gasteiger charge is -2.19. The minimum atomic E-state index is 0.412. The molecule has 0 saturated carbocycles. The molecule has 0 unspecified atom stereocenters. The molecule has 1 aromatic heterocycles. The molecule has 20 heavy (non-hydrogen) atoms. The number of rotatable bonds is 2. The van der Waals surface area contributed by atoms with Gasteiger partial charge >= 0.3 is 6.01 Å². The topological polar surface area (TPSA) is 54.2 Å². The van der Waals surface area contributed by atoms with Gasteiger partial charge in [-0.1, -0.05) is 23.3 Å². The van der Waals surface area contributed by atoms with E-state index in [1.807, 2.05) is 0 Å². The van der Waals surface area contributed by atoms with Crippen LogP contribution in [0.2, 0.25) is 0 Å². The maximum absolute atomic E-state index is 5.94. The Kier molecular flexibility index (Phi) is 2.92.